The number of nitrogens with two attached hydrogens (primary N) is 1. The summed E-state index contributed by atoms with van der Waals surface area (Å²) in [6.07, 6.45) is -0.505. The highest BCUT2D eigenvalue weighted by molar-refractivity contribution is 5.78. The number of piperazine rings is 1. The van der Waals surface area contributed by atoms with Gasteiger partial charge in [-0.15, -0.1) is 0 Å². The molecule has 1 aliphatic carbocycles. The molecule has 0 amide bonds. The van der Waals surface area contributed by atoms with E-state index in [2.05, 4.69) is 15.0 Å². The van der Waals surface area contributed by atoms with Crippen LogP contribution in [0.25, 0.3) is 0 Å². The SMILES string of the molecule is NC(=NCC1(O)CCCC(C(F)(F)F)C1)N1CCN(c2ncccn2)CC1. The molecule has 7 nitrogen and oxygen atoms in total. The van der Waals surface area contributed by atoms with Gasteiger partial charge in [0.1, 0.15) is 0 Å². The number of guanidine groups is 1. The van der Waals surface area contributed by atoms with Crippen molar-refractivity contribution in [3.05, 3.63) is 18.5 Å². The lowest BCUT2D eigenvalue weighted by Gasteiger charge is -2.37. The Morgan fingerprint density at radius 3 is 2.56 bits per heavy atom. The van der Waals surface area contributed by atoms with Gasteiger partial charge in [0.25, 0.3) is 0 Å². The number of aromatic nitrogens is 2. The molecule has 3 rings (SSSR count). The zero-order valence-electron chi connectivity index (χ0n) is 15.1. The molecule has 0 bridgehead atoms. The number of aliphatic hydroxyl groups is 1. The Hall–Kier alpha value is -2.10. The molecule has 2 atom stereocenters. The summed E-state index contributed by atoms with van der Waals surface area (Å²) in [6, 6.07) is 1.75. The Kier molecular flexibility index (Phi) is 5.73. The molecule has 0 aromatic carbocycles. The zero-order chi connectivity index (χ0) is 19.5. The molecule has 3 N–H and O–H groups in total. The molecule has 0 radical (unpaired) electrons. The van der Waals surface area contributed by atoms with Crippen LogP contribution >= 0.6 is 0 Å². The van der Waals surface area contributed by atoms with Crippen molar-refractivity contribution in [2.45, 2.75) is 37.5 Å². The first-order valence-corrected chi connectivity index (χ1v) is 9.13. The van der Waals surface area contributed by atoms with Gasteiger partial charge in [0.2, 0.25) is 5.95 Å². The van der Waals surface area contributed by atoms with Crippen molar-refractivity contribution in [3.63, 3.8) is 0 Å². The van der Waals surface area contributed by atoms with E-state index >= 15 is 0 Å². The van der Waals surface area contributed by atoms with E-state index in [0.717, 1.165) is 0 Å². The molecular formula is C17H25F3N6O. The minimum Gasteiger partial charge on any atom is -0.388 e. The van der Waals surface area contributed by atoms with Crippen LogP contribution in [0.5, 0.6) is 0 Å². The molecular weight excluding hydrogens is 361 g/mol. The maximum absolute atomic E-state index is 13.0. The zero-order valence-corrected chi connectivity index (χ0v) is 15.1. The number of hydrogen-bond donors (Lipinski definition) is 2. The summed E-state index contributed by atoms with van der Waals surface area (Å²) in [5.74, 6) is -0.560. The molecule has 1 aromatic heterocycles. The summed E-state index contributed by atoms with van der Waals surface area (Å²) in [5.41, 5.74) is 4.58. The number of hydrogen-bond acceptors (Lipinski definition) is 5. The van der Waals surface area contributed by atoms with E-state index in [9.17, 15) is 18.3 Å². The van der Waals surface area contributed by atoms with Gasteiger partial charge >= 0.3 is 6.18 Å². The van der Waals surface area contributed by atoms with Crippen LogP contribution in [0.4, 0.5) is 19.1 Å². The predicted molar refractivity (Wildman–Crippen MR) is 95.3 cm³/mol. The van der Waals surface area contributed by atoms with E-state index in [1.54, 1.807) is 18.5 Å². The average Bonchev–Trinajstić information content (AvgIpc) is 2.66. The van der Waals surface area contributed by atoms with Crippen molar-refractivity contribution in [2.24, 2.45) is 16.6 Å². The fourth-order valence-corrected chi connectivity index (χ4v) is 3.68. The first kappa shape index (κ1) is 19.7. The van der Waals surface area contributed by atoms with Gasteiger partial charge in [-0.25, -0.2) is 9.97 Å². The monoisotopic (exact) mass is 386 g/mol. The number of aliphatic imine (C=N–C) groups is 1. The smallest absolute Gasteiger partial charge is 0.388 e. The lowest BCUT2D eigenvalue weighted by atomic mass is 9.78. The third-order valence-electron chi connectivity index (χ3n) is 5.26. The Balaban J connectivity index is 1.54. The van der Waals surface area contributed by atoms with Crippen LogP contribution in [0, 0.1) is 5.92 Å². The van der Waals surface area contributed by atoms with Gasteiger partial charge in [-0.1, -0.05) is 0 Å². The lowest BCUT2D eigenvalue weighted by molar-refractivity contribution is -0.199. The second kappa shape index (κ2) is 7.87. The maximum Gasteiger partial charge on any atom is 0.391 e. The van der Waals surface area contributed by atoms with Crippen molar-refractivity contribution in [1.82, 2.24) is 14.9 Å². The maximum atomic E-state index is 13.0. The molecule has 2 unspecified atom stereocenters. The van der Waals surface area contributed by atoms with Crippen LogP contribution in [-0.2, 0) is 0 Å². The number of alkyl halides is 3. The lowest BCUT2D eigenvalue weighted by Crippen LogP contribution is -2.52. The van der Waals surface area contributed by atoms with Gasteiger partial charge in [-0.3, -0.25) is 4.99 Å². The third-order valence-corrected chi connectivity index (χ3v) is 5.26. The topological polar surface area (TPSA) is 90.9 Å². The standard InChI is InChI=1S/C17H25F3N6O/c18-17(19,20)13-3-1-4-16(27,11-13)12-24-14(21)25-7-9-26(10-8-25)15-22-5-2-6-23-15/h2,5-6,13,27H,1,3-4,7-12H2,(H2,21,24). The third kappa shape index (κ3) is 5.00. The molecule has 1 saturated heterocycles. The summed E-state index contributed by atoms with van der Waals surface area (Å²) >= 11 is 0. The number of rotatable bonds is 3. The van der Waals surface area contributed by atoms with E-state index in [-0.39, 0.29) is 25.3 Å². The van der Waals surface area contributed by atoms with Gasteiger partial charge in [0, 0.05) is 38.6 Å². The molecule has 2 fully saturated rings. The van der Waals surface area contributed by atoms with Crippen molar-refractivity contribution in [1.29, 1.82) is 0 Å². The first-order chi connectivity index (χ1) is 12.8. The number of nitrogens with zero attached hydrogens (tertiary/aromatic N) is 5. The Labute approximate surface area is 156 Å². The van der Waals surface area contributed by atoms with Crippen LogP contribution < -0.4 is 10.6 Å². The molecule has 2 aliphatic rings. The summed E-state index contributed by atoms with van der Waals surface area (Å²) in [7, 11) is 0. The highest BCUT2D eigenvalue weighted by Gasteiger charge is 2.46. The Morgan fingerprint density at radius 2 is 1.93 bits per heavy atom. The molecule has 10 heteroatoms. The van der Waals surface area contributed by atoms with Gasteiger partial charge < -0.3 is 20.6 Å². The van der Waals surface area contributed by atoms with Crippen LogP contribution in [0.2, 0.25) is 0 Å². The Bertz CT molecular complexity index is 648. The second-order valence-electron chi connectivity index (χ2n) is 7.26. The van der Waals surface area contributed by atoms with Gasteiger partial charge in [-0.2, -0.15) is 13.2 Å². The van der Waals surface area contributed by atoms with Crippen molar-refractivity contribution < 1.29 is 18.3 Å². The fourth-order valence-electron chi connectivity index (χ4n) is 3.68. The van der Waals surface area contributed by atoms with E-state index in [0.29, 0.717) is 45.0 Å². The molecule has 27 heavy (non-hydrogen) atoms. The number of halogens is 3. The molecule has 2 heterocycles. The highest BCUT2D eigenvalue weighted by Crippen LogP contribution is 2.41. The molecule has 150 valence electrons. The summed E-state index contributed by atoms with van der Waals surface area (Å²) < 4.78 is 38.9. The average molecular weight is 386 g/mol. The summed E-state index contributed by atoms with van der Waals surface area (Å²) in [4.78, 5) is 16.5. The second-order valence-corrected chi connectivity index (χ2v) is 7.26. The quantitative estimate of drug-likeness (QED) is 0.603. The molecule has 1 aliphatic heterocycles. The van der Waals surface area contributed by atoms with Gasteiger partial charge in [0.05, 0.1) is 18.1 Å². The summed E-state index contributed by atoms with van der Waals surface area (Å²) in [5, 5.41) is 10.5. The number of anilines is 1. The van der Waals surface area contributed by atoms with Crippen molar-refractivity contribution >= 4 is 11.9 Å². The fraction of sp³-hybridized carbons (Fsp3) is 0.706. The van der Waals surface area contributed by atoms with Crippen LogP contribution in [0.15, 0.2) is 23.5 Å². The summed E-state index contributed by atoms with van der Waals surface area (Å²) in [6.45, 7) is 2.45. The molecule has 0 spiro atoms. The Morgan fingerprint density at radius 1 is 1.26 bits per heavy atom. The van der Waals surface area contributed by atoms with Crippen molar-refractivity contribution in [3.8, 4) is 0 Å². The van der Waals surface area contributed by atoms with E-state index < -0.39 is 17.7 Å². The minimum absolute atomic E-state index is 0.0640. The van der Waals surface area contributed by atoms with Gasteiger partial charge in [-0.05, 0) is 31.7 Å². The van der Waals surface area contributed by atoms with Crippen LogP contribution in [0.1, 0.15) is 25.7 Å². The molecule has 1 aromatic rings. The first-order valence-electron chi connectivity index (χ1n) is 9.13. The van der Waals surface area contributed by atoms with E-state index in [4.69, 9.17) is 5.73 Å². The van der Waals surface area contributed by atoms with E-state index in [1.165, 1.54) is 0 Å². The normalized spacial score (nSPS) is 27.7. The van der Waals surface area contributed by atoms with Crippen molar-refractivity contribution in [2.75, 3.05) is 37.6 Å². The van der Waals surface area contributed by atoms with Crippen LogP contribution in [-0.4, -0.2) is 70.4 Å². The largest absolute Gasteiger partial charge is 0.391 e. The van der Waals surface area contributed by atoms with E-state index in [1.807, 2.05) is 9.80 Å². The highest BCUT2D eigenvalue weighted by atomic mass is 19.4. The van der Waals surface area contributed by atoms with Gasteiger partial charge in [0.15, 0.2) is 5.96 Å². The predicted octanol–water partition coefficient (Wildman–Crippen LogP) is 1.40. The minimum atomic E-state index is -4.28. The van der Waals surface area contributed by atoms with Crippen LogP contribution in [0.3, 0.4) is 0 Å². The molecule has 1 saturated carbocycles.